The van der Waals surface area contributed by atoms with Crippen molar-refractivity contribution in [2.24, 2.45) is 0 Å². The van der Waals surface area contributed by atoms with Crippen LogP contribution < -0.4 is 5.32 Å². The lowest BCUT2D eigenvalue weighted by molar-refractivity contribution is 0.0636. The molecule has 1 aliphatic carbocycles. The molecule has 0 bridgehead atoms. The maximum atomic E-state index is 11.9. The summed E-state index contributed by atoms with van der Waals surface area (Å²) < 4.78 is 5.28. The van der Waals surface area contributed by atoms with Crippen molar-refractivity contribution in [3.63, 3.8) is 0 Å². The summed E-state index contributed by atoms with van der Waals surface area (Å²) in [6.45, 7) is 5.51. The van der Waals surface area contributed by atoms with Crippen LogP contribution in [0.5, 0.6) is 0 Å². The van der Waals surface area contributed by atoms with Crippen LogP contribution in [0.4, 0.5) is 10.5 Å². The number of hydrogen-bond acceptors (Lipinski definition) is 3. The SMILES string of the molecule is CC(C)(C)OC(=O)Nc1ccc(C2CCC(O)C2c2ccccc2)cc1. The molecule has 0 aliphatic heterocycles. The molecule has 0 heterocycles. The van der Waals surface area contributed by atoms with Gasteiger partial charge in [-0.05, 0) is 62.8 Å². The van der Waals surface area contributed by atoms with Gasteiger partial charge in [0.25, 0.3) is 0 Å². The Morgan fingerprint density at radius 2 is 1.65 bits per heavy atom. The molecule has 1 saturated carbocycles. The van der Waals surface area contributed by atoms with Crippen LogP contribution in [0, 0.1) is 0 Å². The molecule has 2 N–H and O–H groups in total. The lowest BCUT2D eigenvalue weighted by Crippen LogP contribution is -2.27. The van der Waals surface area contributed by atoms with E-state index in [1.165, 1.54) is 11.1 Å². The summed E-state index contributed by atoms with van der Waals surface area (Å²) in [6, 6.07) is 18.1. The molecule has 2 aromatic carbocycles. The monoisotopic (exact) mass is 353 g/mol. The number of benzene rings is 2. The van der Waals surface area contributed by atoms with Gasteiger partial charge in [0.15, 0.2) is 0 Å². The molecule has 3 atom stereocenters. The third-order valence-electron chi connectivity index (χ3n) is 4.79. The maximum absolute atomic E-state index is 11.9. The molecule has 0 radical (unpaired) electrons. The molecule has 3 rings (SSSR count). The summed E-state index contributed by atoms with van der Waals surface area (Å²) in [5.41, 5.74) is 2.55. The van der Waals surface area contributed by atoms with E-state index in [4.69, 9.17) is 4.74 Å². The average Bonchev–Trinajstić information content (AvgIpc) is 2.96. The summed E-state index contributed by atoms with van der Waals surface area (Å²) in [5.74, 6) is 0.392. The van der Waals surface area contributed by atoms with Crippen LogP contribution in [0.25, 0.3) is 0 Å². The van der Waals surface area contributed by atoms with Crippen molar-refractivity contribution in [2.75, 3.05) is 5.32 Å². The summed E-state index contributed by atoms with van der Waals surface area (Å²) in [5, 5.41) is 13.2. The fraction of sp³-hybridized carbons (Fsp3) is 0.409. The highest BCUT2D eigenvalue weighted by Gasteiger charge is 2.36. The van der Waals surface area contributed by atoms with Gasteiger partial charge in [-0.15, -0.1) is 0 Å². The van der Waals surface area contributed by atoms with Gasteiger partial charge < -0.3 is 9.84 Å². The van der Waals surface area contributed by atoms with Crippen molar-refractivity contribution in [1.82, 2.24) is 0 Å². The van der Waals surface area contributed by atoms with Gasteiger partial charge in [0.2, 0.25) is 0 Å². The zero-order valence-corrected chi connectivity index (χ0v) is 15.6. The fourth-order valence-corrected chi connectivity index (χ4v) is 3.72. The van der Waals surface area contributed by atoms with E-state index in [1.807, 2.05) is 63.2 Å². The summed E-state index contributed by atoms with van der Waals surface area (Å²) in [4.78, 5) is 11.9. The fourth-order valence-electron chi connectivity index (χ4n) is 3.72. The lowest BCUT2D eigenvalue weighted by Gasteiger charge is -2.23. The number of nitrogens with one attached hydrogen (secondary N) is 1. The largest absolute Gasteiger partial charge is 0.444 e. The third-order valence-corrected chi connectivity index (χ3v) is 4.79. The van der Waals surface area contributed by atoms with E-state index in [9.17, 15) is 9.90 Å². The quantitative estimate of drug-likeness (QED) is 0.811. The van der Waals surface area contributed by atoms with E-state index >= 15 is 0 Å². The summed E-state index contributed by atoms with van der Waals surface area (Å²) in [7, 11) is 0. The number of aliphatic hydroxyl groups excluding tert-OH is 1. The minimum Gasteiger partial charge on any atom is -0.444 e. The lowest BCUT2D eigenvalue weighted by atomic mass is 9.83. The smallest absolute Gasteiger partial charge is 0.412 e. The first-order valence-electron chi connectivity index (χ1n) is 9.16. The Hall–Kier alpha value is -2.33. The number of amides is 1. The van der Waals surface area contributed by atoms with Crippen molar-refractivity contribution < 1.29 is 14.6 Å². The first-order valence-corrected chi connectivity index (χ1v) is 9.16. The van der Waals surface area contributed by atoms with Crippen molar-refractivity contribution in [3.05, 3.63) is 65.7 Å². The van der Waals surface area contributed by atoms with E-state index in [2.05, 4.69) is 17.4 Å². The number of ether oxygens (including phenoxy) is 1. The Morgan fingerprint density at radius 1 is 1.00 bits per heavy atom. The van der Waals surface area contributed by atoms with Crippen LogP contribution in [0.3, 0.4) is 0 Å². The molecule has 138 valence electrons. The third kappa shape index (κ3) is 4.44. The molecule has 0 aromatic heterocycles. The second-order valence-corrected chi connectivity index (χ2v) is 7.94. The number of carbonyl (C=O) groups is 1. The van der Waals surface area contributed by atoms with Crippen LogP contribution >= 0.6 is 0 Å². The summed E-state index contributed by atoms with van der Waals surface area (Å²) in [6.07, 6.45) is 0.993. The molecular formula is C22H27NO3. The zero-order valence-electron chi connectivity index (χ0n) is 15.6. The highest BCUT2D eigenvalue weighted by Crippen LogP contribution is 2.46. The molecule has 1 aliphatic rings. The Balaban J connectivity index is 1.72. The van der Waals surface area contributed by atoms with E-state index in [1.54, 1.807) is 0 Å². The van der Waals surface area contributed by atoms with E-state index in [0.717, 1.165) is 12.8 Å². The zero-order chi connectivity index (χ0) is 18.7. The highest BCUT2D eigenvalue weighted by molar-refractivity contribution is 5.84. The predicted octanol–water partition coefficient (Wildman–Crippen LogP) is 5.06. The van der Waals surface area contributed by atoms with Gasteiger partial charge in [-0.1, -0.05) is 42.5 Å². The predicted molar refractivity (Wildman–Crippen MR) is 103 cm³/mol. The van der Waals surface area contributed by atoms with Gasteiger partial charge in [-0.2, -0.15) is 0 Å². The summed E-state index contributed by atoms with van der Waals surface area (Å²) >= 11 is 0. The van der Waals surface area contributed by atoms with Crippen LogP contribution in [0.2, 0.25) is 0 Å². The Bertz CT molecular complexity index is 734. The van der Waals surface area contributed by atoms with Gasteiger partial charge in [0.1, 0.15) is 5.60 Å². The topological polar surface area (TPSA) is 58.6 Å². The van der Waals surface area contributed by atoms with E-state index in [-0.39, 0.29) is 17.9 Å². The first-order chi connectivity index (χ1) is 12.3. The van der Waals surface area contributed by atoms with Gasteiger partial charge in [0.05, 0.1) is 6.10 Å². The molecule has 4 nitrogen and oxygen atoms in total. The normalized spacial score (nSPS) is 22.8. The van der Waals surface area contributed by atoms with Crippen LogP contribution in [0.1, 0.15) is 56.6 Å². The molecule has 0 spiro atoms. The molecule has 2 aromatic rings. The standard InChI is InChI=1S/C22H27NO3/c1-22(2,3)26-21(25)23-17-11-9-15(10-12-17)18-13-14-19(24)20(18)16-7-5-4-6-8-16/h4-12,18-20,24H,13-14H2,1-3H3,(H,23,25). The average molecular weight is 353 g/mol. The molecule has 0 saturated heterocycles. The highest BCUT2D eigenvalue weighted by atomic mass is 16.6. The molecule has 3 unspecified atom stereocenters. The molecule has 1 amide bonds. The van der Waals surface area contributed by atoms with Gasteiger partial charge in [0, 0.05) is 11.6 Å². The van der Waals surface area contributed by atoms with Gasteiger partial charge >= 0.3 is 6.09 Å². The molecule has 26 heavy (non-hydrogen) atoms. The second kappa shape index (κ2) is 7.50. The second-order valence-electron chi connectivity index (χ2n) is 7.94. The van der Waals surface area contributed by atoms with Crippen LogP contribution in [0.15, 0.2) is 54.6 Å². The number of rotatable bonds is 3. The minimum absolute atomic E-state index is 0.112. The number of hydrogen-bond donors (Lipinski definition) is 2. The number of carbonyl (C=O) groups excluding carboxylic acids is 1. The van der Waals surface area contributed by atoms with Crippen molar-refractivity contribution in [1.29, 1.82) is 0 Å². The molecule has 1 fully saturated rings. The van der Waals surface area contributed by atoms with Crippen LogP contribution in [-0.4, -0.2) is 22.9 Å². The molecule has 4 heteroatoms. The molecular weight excluding hydrogens is 326 g/mol. The first kappa shape index (κ1) is 18.5. The minimum atomic E-state index is -0.521. The van der Waals surface area contributed by atoms with E-state index in [0.29, 0.717) is 5.69 Å². The van der Waals surface area contributed by atoms with Gasteiger partial charge in [-0.25, -0.2) is 4.79 Å². The van der Waals surface area contributed by atoms with Crippen molar-refractivity contribution in [3.8, 4) is 0 Å². The Labute approximate surface area is 155 Å². The van der Waals surface area contributed by atoms with E-state index < -0.39 is 11.7 Å². The maximum Gasteiger partial charge on any atom is 0.412 e. The number of aliphatic hydroxyl groups is 1. The number of anilines is 1. The van der Waals surface area contributed by atoms with Crippen molar-refractivity contribution in [2.45, 2.75) is 57.2 Å². The Morgan fingerprint density at radius 3 is 2.27 bits per heavy atom. The van der Waals surface area contributed by atoms with Gasteiger partial charge in [-0.3, -0.25) is 5.32 Å². The Kier molecular flexibility index (Phi) is 5.33. The van der Waals surface area contributed by atoms with Crippen LogP contribution in [-0.2, 0) is 4.74 Å². The van der Waals surface area contributed by atoms with Crippen molar-refractivity contribution >= 4 is 11.8 Å².